The fraction of sp³-hybridized carbons (Fsp3) is 0.350. The van der Waals surface area contributed by atoms with E-state index >= 15 is 0 Å². The molecule has 1 amide bonds. The summed E-state index contributed by atoms with van der Waals surface area (Å²) in [6.45, 7) is 4.71. The van der Waals surface area contributed by atoms with Crippen LogP contribution in [0, 0.1) is 6.92 Å². The van der Waals surface area contributed by atoms with Gasteiger partial charge in [0.05, 0.1) is 0 Å². The third-order valence-corrected chi connectivity index (χ3v) is 4.84. The normalized spacial score (nSPS) is 14.7. The van der Waals surface area contributed by atoms with Gasteiger partial charge in [-0.15, -0.1) is 0 Å². The molecule has 27 heavy (non-hydrogen) atoms. The van der Waals surface area contributed by atoms with Crippen molar-refractivity contribution in [2.24, 2.45) is 0 Å². The number of amides is 1. The Hall–Kier alpha value is -2.60. The molecule has 2 aromatic rings. The van der Waals surface area contributed by atoms with Gasteiger partial charge in [0.1, 0.15) is 17.5 Å². The van der Waals surface area contributed by atoms with Crippen LogP contribution in [0.25, 0.3) is 6.08 Å². The number of carbonyl (C=O) groups is 1. The Labute approximate surface area is 165 Å². The smallest absolute Gasteiger partial charge is 0.246 e. The molecule has 1 aromatic carbocycles. The van der Waals surface area contributed by atoms with Gasteiger partial charge >= 0.3 is 0 Å². The van der Waals surface area contributed by atoms with Gasteiger partial charge in [0, 0.05) is 57.4 Å². The molecule has 6 nitrogen and oxygen atoms in total. The maximum absolute atomic E-state index is 12.5. The van der Waals surface area contributed by atoms with Gasteiger partial charge in [0.25, 0.3) is 0 Å². The van der Waals surface area contributed by atoms with E-state index in [1.54, 1.807) is 12.2 Å². The van der Waals surface area contributed by atoms with Crippen molar-refractivity contribution in [1.29, 1.82) is 0 Å². The van der Waals surface area contributed by atoms with Gasteiger partial charge in [-0.3, -0.25) is 4.79 Å². The zero-order valence-electron chi connectivity index (χ0n) is 15.9. The molecule has 0 saturated carbocycles. The SMILES string of the molecule is Cc1nc(N(C)C)cc(N2CCN(C(=O)/C=C/c3ccccc3Cl)CC2)n1. The van der Waals surface area contributed by atoms with E-state index in [0.29, 0.717) is 18.1 Å². The molecule has 0 unspecified atom stereocenters. The number of halogens is 1. The van der Waals surface area contributed by atoms with Crippen molar-refractivity contribution >= 4 is 35.2 Å². The highest BCUT2D eigenvalue weighted by molar-refractivity contribution is 6.32. The van der Waals surface area contributed by atoms with Crippen molar-refractivity contribution in [1.82, 2.24) is 14.9 Å². The second-order valence-electron chi connectivity index (χ2n) is 6.69. The van der Waals surface area contributed by atoms with Crippen LogP contribution in [-0.2, 0) is 4.79 Å². The minimum Gasteiger partial charge on any atom is -0.363 e. The average Bonchev–Trinajstić information content (AvgIpc) is 2.66. The molecule has 7 heteroatoms. The molecular weight excluding hydrogens is 362 g/mol. The van der Waals surface area contributed by atoms with Crippen LogP contribution in [0.2, 0.25) is 5.02 Å². The van der Waals surface area contributed by atoms with Crippen molar-refractivity contribution < 1.29 is 4.79 Å². The summed E-state index contributed by atoms with van der Waals surface area (Å²) in [5, 5.41) is 0.641. The van der Waals surface area contributed by atoms with Crippen molar-refractivity contribution in [3.05, 3.63) is 52.8 Å². The lowest BCUT2D eigenvalue weighted by molar-refractivity contribution is -0.126. The molecule has 1 aliphatic heterocycles. The summed E-state index contributed by atoms with van der Waals surface area (Å²) < 4.78 is 0. The molecule has 1 saturated heterocycles. The van der Waals surface area contributed by atoms with Crippen LogP contribution in [0.5, 0.6) is 0 Å². The average molecular weight is 386 g/mol. The van der Waals surface area contributed by atoms with Crippen molar-refractivity contribution in [3.8, 4) is 0 Å². The lowest BCUT2D eigenvalue weighted by Gasteiger charge is -2.35. The third-order valence-electron chi connectivity index (χ3n) is 4.50. The predicted octanol–water partition coefficient (Wildman–Crippen LogP) is 2.87. The number of benzene rings is 1. The number of aryl methyl sites for hydroxylation is 1. The van der Waals surface area contributed by atoms with Gasteiger partial charge in [0.2, 0.25) is 5.91 Å². The third kappa shape index (κ3) is 4.77. The number of carbonyl (C=O) groups excluding carboxylic acids is 1. The molecule has 142 valence electrons. The van der Waals surface area contributed by atoms with E-state index < -0.39 is 0 Å². The number of hydrogen-bond donors (Lipinski definition) is 0. The molecule has 0 aliphatic carbocycles. The Kier molecular flexibility index (Phi) is 5.96. The zero-order chi connectivity index (χ0) is 19.4. The van der Waals surface area contributed by atoms with E-state index in [-0.39, 0.29) is 5.91 Å². The van der Waals surface area contributed by atoms with Gasteiger partial charge in [-0.05, 0) is 24.6 Å². The number of anilines is 2. The first-order chi connectivity index (χ1) is 12.9. The first-order valence-corrected chi connectivity index (χ1v) is 9.31. The fourth-order valence-corrected chi connectivity index (χ4v) is 3.16. The Morgan fingerprint density at radius 1 is 1.15 bits per heavy atom. The van der Waals surface area contributed by atoms with Crippen molar-refractivity contribution in [2.45, 2.75) is 6.92 Å². The molecule has 1 aromatic heterocycles. The Balaban J connectivity index is 1.62. The summed E-state index contributed by atoms with van der Waals surface area (Å²) in [5.74, 6) is 2.54. The topological polar surface area (TPSA) is 52.6 Å². The van der Waals surface area contributed by atoms with Crippen molar-refractivity contribution in [2.75, 3.05) is 50.1 Å². The summed E-state index contributed by atoms with van der Waals surface area (Å²) in [4.78, 5) is 27.5. The molecule has 1 fully saturated rings. The van der Waals surface area contributed by atoms with Crippen LogP contribution < -0.4 is 9.80 Å². The Morgan fingerprint density at radius 2 is 1.85 bits per heavy atom. The van der Waals surface area contributed by atoms with Crippen LogP contribution >= 0.6 is 11.6 Å². The number of piperazine rings is 1. The standard InChI is InChI=1S/C20H24ClN5O/c1-15-22-18(24(2)3)14-19(23-15)25-10-12-26(13-11-25)20(27)9-8-16-6-4-5-7-17(16)21/h4-9,14H,10-13H2,1-3H3/b9-8+. The van der Waals surface area contributed by atoms with Crippen LogP contribution in [0.4, 0.5) is 11.6 Å². The van der Waals surface area contributed by atoms with Crippen LogP contribution in [0.1, 0.15) is 11.4 Å². The summed E-state index contributed by atoms with van der Waals surface area (Å²) in [6.07, 6.45) is 3.37. The second kappa shape index (κ2) is 8.39. The van der Waals surface area contributed by atoms with Crippen LogP contribution in [-0.4, -0.2) is 61.0 Å². The maximum atomic E-state index is 12.5. The van der Waals surface area contributed by atoms with Gasteiger partial charge in [-0.2, -0.15) is 0 Å². The summed E-state index contributed by atoms with van der Waals surface area (Å²) in [5.41, 5.74) is 0.846. The van der Waals surface area contributed by atoms with Gasteiger partial charge in [-0.25, -0.2) is 9.97 Å². The summed E-state index contributed by atoms with van der Waals surface area (Å²) in [6, 6.07) is 9.47. The van der Waals surface area contributed by atoms with E-state index in [0.717, 1.165) is 36.1 Å². The zero-order valence-corrected chi connectivity index (χ0v) is 16.6. The van der Waals surface area contributed by atoms with Gasteiger partial charge in [0.15, 0.2) is 0 Å². The number of aromatic nitrogens is 2. The lowest BCUT2D eigenvalue weighted by Crippen LogP contribution is -2.48. The van der Waals surface area contributed by atoms with Crippen LogP contribution in [0.3, 0.4) is 0 Å². The quantitative estimate of drug-likeness (QED) is 0.757. The predicted molar refractivity (Wildman–Crippen MR) is 110 cm³/mol. The Bertz CT molecular complexity index is 844. The first-order valence-electron chi connectivity index (χ1n) is 8.93. The monoisotopic (exact) mass is 385 g/mol. The molecule has 1 aliphatic rings. The molecule has 0 spiro atoms. The Morgan fingerprint density at radius 3 is 2.52 bits per heavy atom. The fourth-order valence-electron chi connectivity index (χ4n) is 2.96. The highest BCUT2D eigenvalue weighted by atomic mass is 35.5. The molecule has 0 N–H and O–H groups in total. The van der Waals surface area contributed by atoms with E-state index in [9.17, 15) is 4.79 Å². The van der Waals surface area contributed by atoms with E-state index in [1.807, 2.05) is 61.2 Å². The van der Waals surface area contributed by atoms with E-state index in [4.69, 9.17) is 11.6 Å². The van der Waals surface area contributed by atoms with Gasteiger partial charge in [-0.1, -0.05) is 29.8 Å². The highest BCUT2D eigenvalue weighted by Gasteiger charge is 2.21. The first kappa shape index (κ1) is 19.2. The van der Waals surface area contributed by atoms with E-state index in [2.05, 4.69) is 14.9 Å². The summed E-state index contributed by atoms with van der Waals surface area (Å²) >= 11 is 6.13. The molecule has 0 bridgehead atoms. The minimum absolute atomic E-state index is 0.00224. The largest absolute Gasteiger partial charge is 0.363 e. The molecular formula is C20H24ClN5O. The number of nitrogens with zero attached hydrogens (tertiary/aromatic N) is 5. The number of rotatable bonds is 4. The van der Waals surface area contributed by atoms with Crippen molar-refractivity contribution in [3.63, 3.8) is 0 Å². The highest BCUT2D eigenvalue weighted by Crippen LogP contribution is 2.20. The summed E-state index contributed by atoms with van der Waals surface area (Å²) in [7, 11) is 3.93. The molecule has 2 heterocycles. The lowest BCUT2D eigenvalue weighted by atomic mass is 10.2. The second-order valence-corrected chi connectivity index (χ2v) is 7.10. The molecule has 3 rings (SSSR count). The maximum Gasteiger partial charge on any atom is 0.246 e. The van der Waals surface area contributed by atoms with Crippen LogP contribution in [0.15, 0.2) is 36.4 Å². The van der Waals surface area contributed by atoms with Gasteiger partial charge < -0.3 is 14.7 Å². The number of hydrogen-bond acceptors (Lipinski definition) is 5. The molecule has 0 radical (unpaired) electrons. The molecule has 0 atom stereocenters. The van der Waals surface area contributed by atoms with E-state index in [1.165, 1.54) is 0 Å². The minimum atomic E-state index is 0.00224.